The summed E-state index contributed by atoms with van der Waals surface area (Å²) in [4.78, 5) is 11.5. The number of hydrogen-bond acceptors (Lipinski definition) is 2. The predicted octanol–water partition coefficient (Wildman–Crippen LogP) is 6.89. The molecule has 0 aliphatic heterocycles. The molecule has 1 aromatic carbocycles. The Hall–Kier alpha value is -0.887. The van der Waals surface area contributed by atoms with E-state index in [0.717, 1.165) is 43.2 Å². The molecule has 0 aliphatic rings. The Bertz CT molecular complexity index is 529. The van der Waals surface area contributed by atoms with E-state index in [1.807, 2.05) is 6.07 Å². The maximum absolute atomic E-state index is 11.5. The number of carbonyl (C=O) groups is 1. The Balaban J connectivity index is 0.00000676. The zero-order valence-corrected chi connectivity index (χ0v) is 20.5. The second-order valence-electron chi connectivity index (χ2n) is 7.49. The van der Waals surface area contributed by atoms with E-state index >= 15 is 0 Å². The van der Waals surface area contributed by atoms with Crippen LogP contribution in [0.4, 0.5) is 0 Å². The van der Waals surface area contributed by atoms with Gasteiger partial charge in [-0.05, 0) is 42.9 Å². The summed E-state index contributed by atoms with van der Waals surface area (Å²) in [7, 11) is 0. The largest absolute Gasteiger partial charge is 0.507 e. The average molecular weight is 428 g/mol. The summed E-state index contributed by atoms with van der Waals surface area (Å²) in [6.45, 7) is 4.43. The summed E-state index contributed by atoms with van der Waals surface area (Å²) in [5.41, 5.74) is 1.92. The minimum Gasteiger partial charge on any atom is -0.507 e. The van der Waals surface area contributed by atoms with Crippen molar-refractivity contribution in [3.63, 3.8) is 0 Å². The minimum absolute atomic E-state index is 0. The van der Waals surface area contributed by atoms with Crippen molar-refractivity contribution in [2.24, 2.45) is 0 Å². The molecule has 0 atom stereocenters. The van der Waals surface area contributed by atoms with Gasteiger partial charge in [0.2, 0.25) is 0 Å². The number of phenols is 1. The van der Waals surface area contributed by atoms with Gasteiger partial charge in [0.15, 0.2) is 0 Å². The summed E-state index contributed by atoms with van der Waals surface area (Å²) < 4.78 is 0. The van der Waals surface area contributed by atoms with Gasteiger partial charge in [-0.15, -0.1) is 0 Å². The number of aryl methyl sites for hydroxylation is 2. The molecule has 0 saturated carbocycles. The number of carboxylic acid groups (broad SMARTS) is 1. The van der Waals surface area contributed by atoms with E-state index in [4.69, 9.17) is 0 Å². The van der Waals surface area contributed by atoms with E-state index < -0.39 is 5.97 Å². The summed E-state index contributed by atoms with van der Waals surface area (Å²) in [5, 5.41) is 19.7. The fourth-order valence-corrected chi connectivity index (χ4v) is 3.46. The van der Waals surface area contributed by atoms with E-state index in [1.54, 1.807) is 6.07 Å². The Morgan fingerprint density at radius 1 is 0.778 bits per heavy atom. The van der Waals surface area contributed by atoms with Crippen LogP contribution in [-0.4, -0.2) is 16.2 Å². The second kappa shape index (κ2) is 16.1. The normalized spacial score (nSPS) is 10.6. The van der Waals surface area contributed by atoms with Gasteiger partial charge in [-0.3, -0.25) is 0 Å². The molecule has 0 heterocycles. The van der Waals surface area contributed by atoms with Gasteiger partial charge < -0.3 is 10.2 Å². The topological polar surface area (TPSA) is 57.5 Å². The van der Waals surface area contributed by atoms with Crippen LogP contribution >= 0.6 is 0 Å². The van der Waals surface area contributed by atoms with Gasteiger partial charge in [0.05, 0.1) is 0 Å². The van der Waals surface area contributed by atoms with Crippen molar-refractivity contribution >= 4 is 5.97 Å². The first kappa shape index (κ1) is 26.1. The monoisotopic (exact) mass is 426 g/mol. The van der Waals surface area contributed by atoms with Crippen molar-refractivity contribution in [2.75, 3.05) is 0 Å². The summed E-state index contributed by atoms with van der Waals surface area (Å²) in [6, 6.07) is 3.69. The zero-order valence-electron chi connectivity index (χ0n) is 17.6. The SMILES string of the molecule is CCCCCCCCc1cc(CCCCCCCC)c(O)c(C(=O)O)c1.[Zn]. The maximum atomic E-state index is 11.5. The standard InChI is InChI=1S/C23H38O3.Zn/c1-3-5-7-9-11-13-15-19-17-20(16-14-12-10-8-6-4-2)22(24)21(18-19)23(25)26;/h17-18,24H,3-16H2,1-2H3,(H,25,26);. The number of aromatic carboxylic acids is 1. The first-order valence-electron chi connectivity index (χ1n) is 10.7. The molecule has 0 radical (unpaired) electrons. The molecule has 0 unspecified atom stereocenters. The second-order valence-corrected chi connectivity index (χ2v) is 7.49. The molecule has 0 saturated heterocycles. The maximum Gasteiger partial charge on any atom is 0.339 e. The van der Waals surface area contributed by atoms with Crippen molar-refractivity contribution in [2.45, 2.75) is 104 Å². The van der Waals surface area contributed by atoms with E-state index in [2.05, 4.69) is 13.8 Å². The minimum atomic E-state index is -1.03. The van der Waals surface area contributed by atoms with Crippen LogP contribution in [0, 0.1) is 0 Å². The van der Waals surface area contributed by atoms with Crippen LogP contribution in [-0.2, 0) is 32.3 Å². The van der Waals surface area contributed by atoms with Crippen LogP contribution < -0.4 is 0 Å². The van der Waals surface area contributed by atoms with Gasteiger partial charge >= 0.3 is 5.97 Å². The molecule has 0 amide bonds. The summed E-state index contributed by atoms with van der Waals surface area (Å²) in [6.07, 6.45) is 16.2. The first-order chi connectivity index (χ1) is 12.6. The molecule has 3 nitrogen and oxygen atoms in total. The van der Waals surface area contributed by atoms with E-state index in [-0.39, 0.29) is 30.8 Å². The molecule has 0 fully saturated rings. The molecule has 0 spiro atoms. The molecule has 1 aromatic rings. The quantitative estimate of drug-likeness (QED) is 0.236. The number of hydrogen-bond donors (Lipinski definition) is 2. The molecule has 150 valence electrons. The molecule has 0 aliphatic carbocycles. The molecule has 1 rings (SSSR count). The number of aromatic hydroxyl groups is 1. The predicted molar refractivity (Wildman–Crippen MR) is 109 cm³/mol. The first-order valence-corrected chi connectivity index (χ1v) is 10.7. The average Bonchev–Trinajstić information content (AvgIpc) is 2.62. The van der Waals surface area contributed by atoms with Gasteiger partial charge in [0.25, 0.3) is 0 Å². The van der Waals surface area contributed by atoms with Gasteiger partial charge in [0, 0.05) is 19.5 Å². The molecular weight excluding hydrogens is 390 g/mol. The van der Waals surface area contributed by atoms with Crippen molar-refractivity contribution in [1.29, 1.82) is 0 Å². The molecule has 0 bridgehead atoms. The number of rotatable bonds is 15. The number of unbranched alkanes of at least 4 members (excludes halogenated alkanes) is 10. The van der Waals surface area contributed by atoms with E-state index in [9.17, 15) is 15.0 Å². The van der Waals surface area contributed by atoms with E-state index in [1.165, 1.54) is 57.8 Å². The van der Waals surface area contributed by atoms with Crippen LogP contribution in [0.5, 0.6) is 5.75 Å². The van der Waals surface area contributed by atoms with Crippen molar-refractivity contribution in [3.05, 3.63) is 28.8 Å². The Morgan fingerprint density at radius 3 is 1.78 bits per heavy atom. The van der Waals surface area contributed by atoms with Crippen LogP contribution in [0.15, 0.2) is 12.1 Å². The molecule has 2 N–H and O–H groups in total. The van der Waals surface area contributed by atoms with Crippen LogP contribution in [0.2, 0.25) is 0 Å². The molecule has 4 heteroatoms. The van der Waals surface area contributed by atoms with Crippen molar-refractivity contribution in [1.82, 2.24) is 0 Å². The molecule has 0 aromatic heterocycles. The molecular formula is C23H38O3Zn. The fourth-order valence-electron chi connectivity index (χ4n) is 3.46. The third-order valence-corrected chi connectivity index (χ3v) is 5.10. The zero-order chi connectivity index (χ0) is 19.2. The Morgan fingerprint density at radius 2 is 1.26 bits per heavy atom. The Labute approximate surface area is 178 Å². The summed E-state index contributed by atoms with van der Waals surface area (Å²) >= 11 is 0. The smallest absolute Gasteiger partial charge is 0.339 e. The van der Waals surface area contributed by atoms with E-state index in [0.29, 0.717) is 0 Å². The van der Waals surface area contributed by atoms with Gasteiger partial charge in [-0.1, -0.05) is 84.1 Å². The summed E-state index contributed by atoms with van der Waals surface area (Å²) in [5.74, 6) is -1.06. The third kappa shape index (κ3) is 10.9. The van der Waals surface area contributed by atoms with Crippen molar-refractivity contribution in [3.8, 4) is 5.75 Å². The van der Waals surface area contributed by atoms with Crippen LogP contribution in [0.3, 0.4) is 0 Å². The Kier molecular flexibility index (Phi) is 15.6. The van der Waals surface area contributed by atoms with Crippen LogP contribution in [0.1, 0.15) is 112 Å². The molecule has 27 heavy (non-hydrogen) atoms. The van der Waals surface area contributed by atoms with Gasteiger partial charge in [-0.2, -0.15) is 0 Å². The fraction of sp³-hybridized carbons (Fsp3) is 0.696. The van der Waals surface area contributed by atoms with Gasteiger partial charge in [0.1, 0.15) is 11.3 Å². The third-order valence-electron chi connectivity index (χ3n) is 5.10. The van der Waals surface area contributed by atoms with Crippen LogP contribution in [0.25, 0.3) is 0 Å². The number of carboxylic acids is 1. The number of benzene rings is 1. The van der Waals surface area contributed by atoms with Gasteiger partial charge in [-0.25, -0.2) is 4.79 Å². The van der Waals surface area contributed by atoms with Crippen molar-refractivity contribution < 1.29 is 34.5 Å².